The van der Waals surface area contributed by atoms with Crippen molar-refractivity contribution in [3.8, 4) is 5.75 Å². The first kappa shape index (κ1) is 12.0. The third kappa shape index (κ3) is 3.22. The van der Waals surface area contributed by atoms with Crippen LogP contribution in [-0.2, 0) is 13.1 Å². The summed E-state index contributed by atoms with van der Waals surface area (Å²) in [6, 6.07) is 9.89. The van der Waals surface area contributed by atoms with E-state index >= 15 is 0 Å². The molecule has 90 valence electrons. The van der Waals surface area contributed by atoms with Crippen LogP contribution in [0.5, 0.6) is 5.75 Å². The fourth-order valence-electron chi connectivity index (χ4n) is 1.60. The van der Waals surface area contributed by atoms with E-state index in [0.29, 0.717) is 0 Å². The van der Waals surface area contributed by atoms with Gasteiger partial charge in [0.1, 0.15) is 5.75 Å². The van der Waals surface area contributed by atoms with E-state index in [-0.39, 0.29) is 0 Å². The molecule has 0 unspecified atom stereocenters. The van der Waals surface area contributed by atoms with Gasteiger partial charge in [-0.2, -0.15) is 0 Å². The normalized spacial score (nSPS) is 10.4. The van der Waals surface area contributed by atoms with Gasteiger partial charge < -0.3 is 15.8 Å². The molecular weight excluding hydrogens is 232 g/mol. The zero-order valence-electron chi connectivity index (χ0n) is 9.77. The van der Waals surface area contributed by atoms with Gasteiger partial charge in [-0.1, -0.05) is 6.07 Å². The molecule has 4 heteroatoms. The highest BCUT2D eigenvalue weighted by molar-refractivity contribution is 7.09. The summed E-state index contributed by atoms with van der Waals surface area (Å²) >= 11 is 1.75. The molecule has 0 atom stereocenters. The van der Waals surface area contributed by atoms with Crippen LogP contribution >= 0.6 is 11.3 Å². The molecule has 0 saturated heterocycles. The summed E-state index contributed by atoms with van der Waals surface area (Å²) in [6.45, 7) is 1.62. The van der Waals surface area contributed by atoms with Gasteiger partial charge in [0.15, 0.2) is 0 Å². The van der Waals surface area contributed by atoms with Crippen LogP contribution in [0.25, 0.3) is 0 Å². The van der Waals surface area contributed by atoms with E-state index in [1.54, 1.807) is 18.4 Å². The van der Waals surface area contributed by atoms with Gasteiger partial charge in [-0.05, 0) is 35.2 Å². The van der Waals surface area contributed by atoms with Crippen LogP contribution in [0.4, 0.5) is 5.69 Å². The highest BCUT2D eigenvalue weighted by Gasteiger charge is 2.01. The van der Waals surface area contributed by atoms with Gasteiger partial charge in [0.05, 0.1) is 7.11 Å². The number of thiophene rings is 1. The molecular formula is C13H16N2OS. The Balaban J connectivity index is 1.94. The maximum absolute atomic E-state index is 5.91. The fraction of sp³-hybridized carbons (Fsp3) is 0.231. The number of hydrogen-bond donors (Lipinski definition) is 2. The first-order valence-corrected chi connectivity index (χ1v) is 6.33. The molecule has 0 aliphatic rings. The van der Waals surface area contributed by atoms with Gasteiger partial charge in [-0.25, -0.2) is 0 Å². The molecule has 0 saturated carbocycles. The van der Waals surface area contributed by atoms with Crippen LogP contribution in [-0.4, -0.2) is 7.11 Å². The predicted octanol–water partition coefficient (Wildman–Crippen LogP) is 2.63. The lowest BCUT2D eigenvalue weighted by atomic mass is 10.1. The molecule has 0 aliphatic heterocycles. The van der Waals surface area contributed by atoms with Crippen molar-refractivity contribution in [1.29, 1.82) is 0 Å². The largest absolute Gasteiger partial charge is 0.497 e. The fourth-order valence-corrected chi connectivity index (χ4v) is 2.27. The van der Waals surface area contributed by atoms with Crippen LogP contribution < -0.4 is 15.8 Å². The van der Waals surface area contributed by atoms with Gasteiger partial charge in [0.25, 0.3) is 0 Å². The zero-order valence-corrected chi connectivity index (χ0v) is 10.6. The van der Waals surface area contributed by atoms with Gasteiger partial charge in [0.2, 0.25) is 0 Å². The number of nitrogens with two attached hydrogens (primary N) is 1. The van der Waals surface area contributed by atoms with Crippen molar-refractivity contribution in [1.82, 2.24) is 5.32 Å². The van der Waals surface area contributed by atoms with Gasteiger partial charge in [-0.3, -0.25) is 0 Å². The third-order valence-electron chi connectivity index (χ3n) is 2.54. The Morgan fingerprint density at radius 1 is 1.29 bits per heavy atom. The number of hydrogen-bond acceptors (Lipinski definition) is 4. The lowest BCUT2D eigenvalue weighted by Crippen LogP contribution is -2.13. The number of rotatable bonds is 5. The maximum atomic E-state index is 5.91. The molecule has 2 aromatic rings. The highest BCUT2D eigenvalue weighted by Crippen LogP contribution is 2.19. The number of nitrogens with one attached hydrogen (secondary N) is 1. The number of nitrogen functional groups attached to an aromatic ring is 1. The summed E-state index contributed by atoms with van der Waals surface area (Å²) in [5.41, 5.74) is 7.78. The number of methoxy groups -OCH3 is 1. The maximum Gasteiger partial charge on any atom is 0.119 e. The summed E-state index contributed by atoms with van der Waals surface area (Å²) in [7, 11) is 1.66. The van der Waals surface area contributed by atoms with Crippen molar-refractivity contribution in [2.24, 2.45) is 0 Å². The van der Waals surface area contributed by atoms with Crippen molar-refractivity contribution in [3.05, 3.63) is 46.2 Å². The Morgan fingerprint density at radius 3 is 2.88 bits per heavy atom. The second kappa shape index (κ2) is 5.70. The average Bonchev–Trinajstić information content (AvgIpc) is 2.84. The minimum atomic E-state index is 0.751. The smallest absolute Gasteiger partial charge is 0.119 e. The monoisotopic (exact) mass is 248 g/mol. The SMILES string of the molecule is COc1ccc(N)c(CNCc2cccs2)c1. The van der Waals surface area contributed by atoms with E-state index in [0.717, 1.165) is 30.1 Å². The second-order valence-electron chi connectivity index (χ2n) is 3.75. The summed E-state index contributed by atoms with van der Waals surface area (Å²) in [6.07, 6.45) is 0. The van der Waals surface area contributed by atoms with Crippen LogP contribution in [0.1, 0.15) is 10.4 Å². The van der Waals surface area contributed by atoms with Crippen molar-refractivity contribution >= 4 is 17.0 Å². The molecule has 0 bridgehead atoms. The molecule has 0 radical (unpaired) electrons. The Bertz CT molecular complexity index is 468. The first-order chi connectivity index (χ1) is 8.29. The molecule has 1 aromatic heterocycles. The van der Waals surface area contributed by atoms with E-state index < -0.39 is 0 Å². The number of benzene rings is 1. The summed E-state index contributed by atoms with van der Waals surface area (Å²) < 4.78 is 5.18. The van der Waals surface area contributed by atoms with Crippen LogP contribution in [0.15, 0.2) is 35.7 Å². The Morgan fingerprint density at radius 2 is 2.18 bits per heavy atom. The van der Waals surface area contributed by atoms with E-state index in [1.807, 2.05) is 18.2 Å². The molecule has 1 aromatic carbocycles. The van der Waals surface area contributed by atoms with Crippen molar-refractivity contribution in [2.75, 3.05) is 12.8 Å². The van der Waals surface area contributed by atoms with Crippen molar-refractivity contribution < 1.29 is 4.74 Å². The van der Waals surface area contributed by atoms with Gasteiger partial charge >= 0.3 is 0 Å². The molecule has 0 fully saturated rings. The van der Waals surface area contributed by atoms with Crippen LogP contribution in [0, 0.1) is 0 Å². The zero-order chi connectivity index (χ0) is 12.1. The second-order valence-corrected chi connectivity index (χ2v) is 4.78. The van der Waals surface area contributed by atoms with Gasteiger partial charge in [-0.15, -0.1) is 11.3 Å². The Labute approximate surface area is 105 Å². The lowest BCUT2D eigenvalue weighted by Gasteiger charge is -2.09. The molecule has 2 rings (SSSR count). The number of anilines is 1. The Hall–Kier alpha value is -1.52. The van der Waals surface area contributed by atoms with Crippen molar-refractivity contribution in [2.45, 2.75) is 13.1 Å². The minimum absolute atomic E-state index is 0.751. The molecule has 0 spiro atoms. The molecule has 1 heterocycles. The third-order valence-corrected chi connectivity index (χ3v) is 3.42. The van der Waals surface area contributed by atoms with E-state index in [1.165, 1.54) is 4.88 Å². The highest BCUT2D eigenvalue weighted by atomic mass is 32.1. The molecule has 0 aliphatic carbocycles. The quantitative estimate of drug-likeness (QED) is 0.800. The van der Waals surface area contributed by atoms with E-state index in [4.69, 9.17) is 10.5 Å². The van der Waals surface area contributed by atoms with Crippen LogP contribution in [0.2, 0.25) is 0 Å². The lowest BCUT2D eigenvalue weighted by molar-refractivity contribution is 0.414. The van der Waals surface area contributed by atoms with E-state index in [9.17, 15) is 0 Å². The van der Waals surface area contributed by atoms with E-state index in [2.05, 4.69) is 22.8 Å². The average molecular weight is 248 g/mol. The molecule has 3 nitrogen and oxygen atoms in total. The van der Waals surface area contributed by atoms with Crippen LogP contribution in [0.3, 0.4) is 0 Å². The molecule has 3 N–H and O–H groups in total. The van der Waals surface area contributed by atoms with Gasteiger partial charge in [0, 0.05) is 23.7 Å². The minimum Gasteiger partial charge on any atom is -0.497 e. The summed E-state index contributed by atoms with van der Waals surface area (Å²) in [4.78, 5) is 1.33. The predicted molar refractivity (Wildman–Crippen MR) is 72.3 cm³/mol. The summed E-state index contributed by atoms with van der Waals surface area (Å²) in [5, 5.41) is 5.45. The number of ether oxygens (including phenoxy) is 1. The molecule has 0 amide bonds. The first-order valence-electron chi connectivity index (χ1n) is 5.45. The molecule has 17 heavy (non-hydrogen) atoms. The topological polar surface area (TPSA) is 47.3 Å². The summed E-state index contributed by atoms with van der Waals surface area (Å²) in [5.74, 6) is 0.840. The Kier molecular flexibility index (Phi) is 4.01. The van der Waals surface area contributed by atoms with Crippen molar-refractivity contribution in [3.63, 3.8) is 0 Å². The standard InChI is InChI=1S/C13H16N2OS/c1-16-11-4-5-13(14)10(7-11)8-15-9-12-3-2-6-17-12/h2-7,15H,8-9,14H2,1H3.